The number of nitrogens with zero attached hydrogens (tertiary/aromatic N) is 2. The third kappa shape index (κ3) is 3.33. The number of carbonyl (C=O) groups is 2. The lowest BCUT2D eigenvalue weighted by Gasteiger charge is -2.15. The van der Waals surface area contributed by atoms with E-state index in [4.69, 9.17) is 4.52 Å². The lowest BCUT2D eigenvalue weighted by Crippen LogP contribution is -2.36. The van der Waals surface area contributed by atoms with E-state index < -0.39 is 11.8 Å². The molecule has 2 amide bonds. The number of nitrogens with one attached hydrogen (secondary N) is 1. The van der Waals surface area contributed by atoms with Gasteiger partial charge >= 0.3 is 11.8 Å². The van der Waals surface area contributed by atoms with Crippen molar-refractivity contribution in [2.24, 2.45) is 0 Å². The molecule has 0 aliphatic heterocycles. The molecule has 1 N–H and O–H groups in total. The minimum atomic E-state index is -0.673. The summed E-state index contributed by atoms with van der Waals surface area (Å²) < 4.78 is 4.98. The van der Waals surface area contributed by atoms with Crippen molar-refractivity contribution in [2.75, 3.05) is 12.4 Å². The van der Waals surface area contributed by atoms with Crippen LogP contribution in [0.3, 0.4) is 0 Å². The Morgan fingerprint density at radius 1 is 1.11 bits per heavy atom. The molecule has 27 heavy (non-hydrogen) atoms. The number of benzene rings is 2. The second kappa shape index (κ2) is 6.72. The van der Waals surface area contributed by atoms with Crippen molar-refractivity contribution in [3.8, 4) is 11.1 Å². The van der Waals surface area contributed by atoms with Gasteiger partial charge in [0.2, 0.25) is 0 Å². The van der Waals surface area contributed by atoms with Crippen LogP contribution in [0.25, 0.3) is 11.1 Å². The number of amides is 2. The molecule has 3 aromatic rings. The fourth-order valence-corrected chi connectivity index (χ4v) is 3.39. The fourth-order valence-electron chi connectivity index (χ4n) is 3.39. The van der Waals surface area contributed by atoms with Crippen LogP contribution in [0.4, 0.5) is 5.69 Å². The summed E-state index contributed by atoms with van der Waals surface area (Å²) >= 11 is 0. The number of anilines is 1. The van der Waals surface area contributed by atoms with E-state index >= 15 is 0 Å². The predicted molar refractivity (Wildman–Crippen MR) is 101 cm³/mol. The first-order valence-electron chi connectivity index (χ1n) is 8.71. The van der Waals surface area contributed by atoms with Crippen molar-refractivity contribution in [1.82, 2.24) is 10.1 Å². The minimum absolute atomic E-state index is 0.211. The Bertz CT molecular complexity index is 1040. The van der Waals surface area contributed by atoms with E-state index in [0.717, 1.165) is 12.0 Å². The highest BCUT2D eigenvalue weighted by Crippen LogP contribution is 2.37. The molecule has 1 aliphatic carbocycles. The summed E-state index contributed by atoms with van der Waals surface area (Å²) in [4.78, 5) is 26.0. The van der Waals surface area contributed by atoms with Gasteiger partial charge in [0, 0.05) is 18.8 Å². The first kappa shape index (κ1) is 17.0. The Labute approximate surface area is 156 Å². The number of rotatable bonds is 3. The summed E-state index contributed by atoms with van der Waals surface area (Å²) in [7, 11) is 1.56. The average molecular weight is 361 g/mol. The van der Waals surface area contributed by atoms with Gasteiger partial charge in [-0.25, -0.2) is 0 Å². The molecule has 0 saturated carbocycles. The third-order valence-electron chi connectivity index (χ3n) is 4.67. The van der Waals surface area contributed by atoms with E-state index in [1.165, 1.54) is 21.6 Å². The van der Waals surface area contributed by atoms with Crippen molar-refractivity contribution in [3.63, 3.8) is 0 Å². The van der Waals surface area contributed by atoms with E-state index in [1.54, 1.807) is 20.0 Å². The Morgan fingerprint density at radius 2 is 1.89 bits per heavy atom. The van der Waals surface area contributed by atoms with Crippen molar-refractivity contribution in [1.29, 1.82) is 0 Å². The van der Waals surface area contributed by atoms with Crippen molar-refractivity contribution in [2.45, 2.75) is 19.9 Å². The first-order valence-corrected chi connectivity index (χ1v) is 8.71. The SMILES string of the molecule is Cc1cc(CN(C)C(=O)C(=O)Nc2ccc3c(c2)Cc2ccccc2-3)no1. The molecule has 136 valence electrons. The molecule has 0 radical (unpaired) electrons. The molecular formula is C21H19N3O3. The van der Waals surface area contributed by atoms with Crippen LogP contribution in [-0.4, -0.2) is 28.9 Å². The maximum Gasteiger partial charge on any atom is 0.313 e. The number of carbonyl (C=O) groups excluding carboxylic acids is 2. The number of likely N-dealkylation sites (N-methyl/N-ethyl adjacent to an activating group) is 1. The van der Waals surface area contributed by atoms with E-state index in [-0.39, 0.29) is 6.54 Å². The molecule has 0 atom stereocenters. The zero-order valence-electron chi connectivity index (χ0n) is 15.2. The molecule has 0 unspecified atom stereocenters. The first-order chi connectivity index (χ1) is 13.0. The lowest BCUT2D eigenvalue weighted by molar-refractivity contribution is -0.142. The monoisotopic (exact) mass is 361 g/mol. The zero-order valence-corrected chi connectivity index (χ0v) is 15.2. The Kier molecular flexibility index (Phi) is 4.24. The third-order valence-corrected chi connectivity index (χ3v) is 4.67. The van der Waals surface area contributed by atoms with Gasteiger partial charge in [0.25, 0.3) is 0 Å². The van der Waals surface area contributed by atoms with Crippen LogP contribution < -0.4 is 5.32 Å². The maximum atomic E-state index is 12.3. The molecule has 0 spiro atoms. The lowest BCUT2D eigenvalue weighted by atomic mass is 10.1. The summed E-state index contributed by atoms with van der Waals surface area (Å²) in [6.45, 7) is 1.99. The van der Waals surface area contributed by atoms with Gasteiger partial charge in [-0.3, -0.25) is 9.59 Å². The van der Waals surface area contributed by atoms with Crippen LogP contribution in [0.1, 0.15) is 22.6 Å². The normalized spacial score (nSPS) is 11.6. The summed E-state index contributed by atoms with van der Waals surface area (Å²) in [6, 6.07) is 15.7. The summed E-state index contributed by atoms with van der Waals surface area (Å²) in [5, 5.41) is 6.54. The number of aromatic nitrogens is 1. The molecule has 0 fully saturated rings. The molecule has 1 aromatic heterocycles. The Morgan fingerprint density at radius 3 is 2.67 bits per heavy atom. The smallest absolute Gasteiger partial charge is 0.313 e. The molecule has 0 bridgehead atoms. The second-order valence-corrected chi connectivity index (χ2v) is 6.75. The van der Waals surface area contributed by atoms with E-state index in [9.17, 15) is 9.59 Å². The van der Waals surface area contributed by atoms with Crippen LogP contribution in [-0.2, 0) is 22.6 Å². The number of fused-ring (bicyclic) bond motifs is 3. The molecular weight excluding hydrogens is 342 g/mol. The van der Waals surface area contributed by atoms with Gasteiger partial charge in [-0.15, -0.1) is 0 Å². The van der Waals surface area contributed by atoms with E-state index in [1.807, 2.05) is 30.3 Å². The highest BCUT2D eigenvalue weighted by atomic mass is 16.5. The van der Waals surface area contributed by atoms with Gasteiger partial charge in [-0.1, -0.05) is 35.5 Å². The molecule has 1 heterocycles. The highest BCUT2D eigenvalue weighted by Gasteiger charge is 2.22. The van der Waals surface area contributed by atoms with Crippen molar-refractivity contribution >= 4 is 17.5 Å². The fraction of sp³-hybridized carbons (Fsp3) is 0.190. The zero-order chi connectivity index (χ0) is 19.0. The van der Waals surface area contributed by atoms with Crippen LogP contribution in [0, 0.1) is 6.92 Å². The molecule has 4 rings (SSSR count). The molecule has 2 aromatic carbocycles. The van der Waals surface area contributed by atoms with E-state index in [2.05, 4.69) is 22.6 Å². The Balaban J connectivity index is 1.44. The quantitative estimate of drug-likeness (QED) is 0.569. The maximum absolute atomic E-state index is 12.3. The number of aryl methyl sites for hydroxylation is 1. The highest BCUT2D eigenvalue weighted by molar-refractivity contribution is 6.39. The average Bonchev–Trinajstić information content (AvgIpc) is 3.23. The standard InChI is InChI=1S/C21H19N3O3/c1-13-9-17(23-27-13)12-24(2)21(26)20(25)22-16-7-8-19-15(11-16)10-14-5-3-4-6-18(14)19/h3-9,11H,10,12H2,1-2H3,(H,22,25). The molecule has 6 heteroatoms. The van der Waals surface area contributed by atoms with Gasteiger partial charge in [0.1, 0.15) is 11.5 Å². The molecule has 0 saturated heterocycles. The van der Waals surface area contributed by atoms with Crippen LogP contribution in [0.2, 0.25) is 0 Å². The predicted octanol–water partition coefficient (Wildman–Crippen LogP) is 3.15. The Hall–Kier alpha value is -3.41. The van der Waals surface area contributed by atoms with Gasteiger partial charge in [-0.2, -0.15) is 0 Å². The van der Waals surface area contributed by atoms with E-state index in [0.29, 0.717) is 17.1 Å². The largest absolute Gasteiger partial charge is 0.361 e. The number of hydrogen-bond donors (Lipinski definition) is 1. The van der Waals surface area contributed by atoms with Crippen LogP contribution in [0.5, 0.6) is 0 Å². The van der Waals surface area contributed by atoms with Crippen molar-refractivity contribution < 1.29 is 14.1 Å². The molecule has 6 nitrogen and oxygen atoms in total. The molecule has 1 aliphatic rings. The number of hydrogen-bond acceptors (Lipinski definition) is 4. The van der Waals surface area contributed by atoms with Gasteiger partial charge in [-0.05, 0) is 47.7 Å². The topological polar surface area (TPSA) is 75.4 Å². The van der Waals surface area contributed by atoms with Crippen LogP contribution >= 0.6 is 0 Å². The summed E-state index contributed by atoms with van der Waals surface area (Å²) in [5.74, 6) is -0.637. The summed E-state index contributed by atoms with van der Waals surface area (Å²) in [5.41, 5.74) is 6.04. The minimum Gasteiger partial charge on any atom is -0.361 e. The van der Waals surface area contributed by atoms with Gasteiger partial charge in [0.05, 0.1) is 6.54 Å². The van der Waals surface area contributed by atoms with Crippen LogP contribution in [0.15, 0.2) is 53.1 Å². The summed E-state index contributed by atoms with van der Waals surface area (Å²) in [6.07, 6.45) is 0.828. The second-order valence-electron chi connectivity index (χ2n) is 6.75. The van der Waals surface area contributed by atoms with Gasteiger partial charge in [0.15, 0.2) is 0 Å². The van der Waals surface area contributed by atoms with Crippen molar-refractivity contribution in [3.05, 3.63) is 71.1 Å². The van der Waals surface area contributed by atoms with Gasteiger partial charge < -0.3 is 14.7 Å².